The quantitative estimate of drug-likeness (QED) is 0.864. The number of hydrogen-bond acceptors (Lipinski definition) is 3. The predicted octanol–water partition coefficient (Wildman–Crippen LogP) is 2.12. The average molecular weight is 279 g/mol. The molecule has 1 aromatic rings. The van der Waals surface area contributed by atoms with Crippen molar-refractivity contribution in [3.05, 3.63) is 12.4 Å². The van der Waals surface area contributed by atoms with Gasteiger partial charge in [0.25, 0.3) is 0 Å². The monoisotopic (exact) mass is 279 g/mol. The molecule has 0 radical (unpaired) electrons. The fraction of sp³-hybridized carbons (Fsp3) is 0.643. The third kappa shape index (κ3) is 4.08. The molecule has 2 atom stereocenters. The lowest BCUT2D eigenvalue weighted by atomic mass is 9.78. The summed E-state index contributed by atoms with van der Waals surface area (Å²) in [6, 6.07) is 0. The van der Waals surface area contributed by atoms with Gasteiger partial charge in [-0.05, 0) is 18.3 Å². The maximum Gasteiger partial charge on any atom is 0.325 e. The van der Waals surface area contributed by atoms with Crippen LogP contribution in [0.2, 0.25) is 0 Å². The first kappa shape index (κ1) is 14.6. The van der Waals surface area contributed by atoms with Crippen LogP contribution >= 0.6 is 0 Å². The van der Waals surface area contributed by atoms with Crippen LogP contribution in [0.5, 0.6) is 0 Å². The minimum atomic E-state index is -0.956. The molecule has 2 unspecified atom stereocenters. The van der Waals surface area contributed by atoms with Gasteiger partial charge in [0.05, 0.1) is 11.9 Å². The van der Waals surface area contributed by atoms with Gasteiger partial charge in [-0.3, -0.25) is 14.3 Å². The van der Waals surface area contributed by atoms with Crippen molar-refractivity contribution in [2.75, 3.05) is 5.32 Å². The minimum absolute atomic E-state index is 0.0152. The lowest BCUT2D eigenvalue weighted by Gasteiger charge is -2.28. The highest BCUT2D eigenvalue weighted by molar-refractivity contribution is 5.90. The highest BCUT2D eigenvalue weighted by Crippen LogP contribution is 2.32. The lowest BCUT2D eigenvalue weighted by Crippen LogP contribution is -2.23. The normalized spacial score (nSPS) is 22.4. The van der Waals surface area contributed by atoms with Crippen molar-refractivity contribution in [2.45, 2.75) is 45.6 Å². The molecule has 1 aliphatic carbocycles. The van der Waals surface area contributed by atoms with E-state index >= 15 is 0 Å². The van der Waals surface area contributed by atoms with Gasteiger partial charge in [0.2, 0.25) is 5.91 Å². The van der Waals surface area contributed by atoms with Crippen molar-refractivity contribution in [1.82, 2.24) is 9.78 Å². The number of amides is 1. The van der Waals surface area contributed by atoms with Crippen LogP contribution in [0.1, 0.15) is 39.0 Å². The van der Waals surface area contributed by atoms with E-state index in [1.165, 1.54) is 36.3 Å². The number of aromatic nitrogens is 2. The summed E-state index contributed by atoms with van der Waals surface area (Å²) in [6.07, 6.45) is 8.34. The molecule has 0 saturated heterocycles. The van der Waals surface area contributed by atoms with Crippen molar-refractivity contribution in [1.29, 1.82) is 0 Å². The van der Waals surface area contributed by atoms with E-state index in [1.54, 1.807) is 0 Å². The Morgan fingerprint density at radius 3 is 2.90 bits per heavy atom. The Balaban J connectivity index is 1.84. The molecule has 2 rings (SSSR count). The SMILES string of the molecule is CC1CCCCC1CC(=O)Nc1cnn(CC(=O)O)c1. The molecule has 1 amide bonds. The number of carboxylic acids is 1. The summed E-state index contributed by atoms with van der Waals surface area (Å²) >= 11 is 0. The second-order valence-electron chi connectivity index (χ2n) is 5.59. The molecule has 1 aromatic heterocycles. The molecule has 0 aliphatic heterocycles. The lowest BCUT2D eigenvalue weighted by molar-refractivity contribution is -0.137. The number of carboxylic acid groups (broad SMARTS) is 1. The van der Waals surface area contributed by atoms with Crippen molar-refractivity contribution in [3.63, 3.8) is 0 Å². The molecule has 1 saturated carbocycles. The van der Waals surface area contributed by atoms with E-state index in [-0.39, 0.29) is 12.5 Å². The first-order valence-electron chi connectivity index (χ1n) is 7.08. The molecule has 0 spiro atoms. The number of hydrogen-bond donors (Lipinski definition) is 2. The highest BCUT2D eigenvalue weighted by Gasteiger charge is 2.23. The molecule has 6 heteroatoms. The van der Waals surface area contributed by atoms with Crippen molar-refractivity contribution >= 4 is 17.6 Å². The Morgan fingerprint density at radius 2 is 2.20 bits per heavy atom. The van der Waals surface area contributed by atoms with Crippen LogP contribution in [0.4, 0.5) is 5.69 Å². The Kier molecular flexibility index (Phi) is 4.76. The van der Waals surface area contributed by atoms with Gasteiger partial charge >= 0.3 is 5.97 Å². The van der Waals surface area contributed by atoms with E-state index in [9.17, 15) is 9.59 Å². The maximum absolute atomic E-state index is 12.0. The van der Waals surface area contributed by atoms with Crippen molar-refractivity contribution < 1.29 is 14.7 Å². The smallest absolute Gasteiger partial charge is 0.325 e. The molecule has 1 heterocycles. The van der Waals surface area contributed by atoms with Gasteiger partial charge in [-0.25, -0.2) is 0 Å². The number of nitrogens with one attached hydrogen (secondary N) is 1. The topological polar surface area (TPSA) is 84.2 Å². The molecular formula is C14H21N3O3. The number of carbonyl (C=O) groups is 2. The molecule has 1 aliphatic rings. The Labute approximate surface area is 118 Å². The fourth-order valence-electron chi connectivity index (χ4n) is 2.80. The average Bonchev–Trinajstić information content (AvgIpc) is 2.78. The summed E-state index contributed by atoms with van der Waals surface area (Å²) in [5, 5.41) is 15.3. The summed E-state index contributed by atoms with van der Waals surface area (Å²) in [4.78, 5) is 22.5. The summed E-state index contributed by atoms with van der Waals surface area (Å²) in [5.41, 5.74) is 0.555. The van der Waals surface area contributed by atoms with Gasteiger partial charge in [-0.2, -0.15) is 5.10 Å². The van der Waals surface area contributed by atoms with E-state index < -0.39 is 5.97 Å². The van der Waals surface area contributed by atoms with E-state index in [1.807, 2.05) is 0 Å². The third-order valence-electron chi connectivity index (χ3n) is 3.95. The number of rotatable bonds is 5. The standard InChI is InChI=1S/C14H21N3O3/c1-10-4-2-3-5-11(10)6-13(18)16-12-7-15-17(8-12)9-14(19)20/h7-8,10-11H,2-6,9H2,1H3,(H,16,18)(H,19,20). The molecule has 2 N–H and O–H groups in total. The van der Waals surface area contributed by atoms with Gasteiger partial charge < -0.3 is 10.4 Å². The van der Waals surface area contributed by atoms with Crippen LogP contribution in [0.15, 0.2) is 12.4 Å². The first-order valence-corrected chi connectivity index (χ1v) is 7.08. The molecule has 110 valence electrons. The van der Waals surface area contributed by atoms with E-state index in [0.29, 0.717) is 23.9 Å². The second-order valence-corrected chi connectivity index (χ2v) is 5.59. The van der Waals surface area contributed by atoms with Crippen LogP contribution in [0.25, 0.3) is 0 Å². The molecule has 20 heavy (non-hydrogen) atoms. The zero-order valence-corrected chi connectivity index (χ0v) is 11.7. The van der Waals surface area contributed by atoms with Gasteiger partial charge in [0.15, 0.2) is 0 Å². The van der Waals surface area contributed by atoms with Crippen LogP contribution in [0.3, 0.4) is 0 Å². The highest BCUT2D eigenvalue weighted by atomic mass is 16.4. The summed E-state index contributed by atoms with van der Waals surface area (Å²) in [5.74, 6) is 0.0858. The van der Waals surface area contributed by atoms with Crippen LogP contribution in [-0.2, 0) is 16.1 Å². The van der Waals surface area contributed by atoms with Crippen LogP contribution < -0.4 is 5.32 Å². The minimum Gasteiger partial charge on any atom is -0.480 e. The van der Waals surface area contributed by atoms with Gasteiger partial charge in [0, 0.05) is 12.6 Å². The summed E-state index contributed by atoms with van der Waals surface area (Å²) in [7, 11) is 0. The van der Waals surface area contributed by atoms with Crippen molar-refractivity contribution in [3.8, 4) is 0 Å². The maximum atomic E-state index is 12.0. The van der Waals surface area contributed by atoms with E-state index in [2.05, 4.69) is 17.3 Å². The Hall–Kier alpha value is -1.85. The van der Waals surface area contributed by atoms with Gasteiger partial charge in [-0.15, -0.1) is 0 Å². The number of aliphatic carboxylic acids is 1. The number of carbonyl (C=O) groups excluding carboxylic acids is 1. The summed E-state index contributed by atoms with van der Waals surface area (Å²) in [6.45, 7) is 2.01. The second kappa shape index (κ2) is 6.54. The van der Waals surface area contributed by atoms with Crippen LogP contribution in [-0.4, -0.2) is 26.8 Å². The zero-order valence-electron chi connectivity index (χ0n) is 11.7. The molecule has 0 bridgehead atoms. The van der Waals surface area contributed by atoms with Crippen molar-refractivity contribution in [2.24, 2.45) is 11.8 Å². The van der Waals surface area contributed by atoms with E-state index in [0.717, 1.165) is 6.42 Å². The fourth-order valence-corrected chi connectivity index (χ4v) is 2.80. The first-order chi connectivity index (χ1) is 9.54. The summed E-state index contributed by atoms with van der Waals surface area (Å²) < 4.78 is 1.29. The molecular weight excluding hydrogens is 258 g/mol. The Morgan fingerprint density at radius 1 is 1.45 bits per heavy atom. The largest absolute Gasteiger partial charge is 0.480 e. The molecule has 1 fully saturated rings. The van der Waals surface area contributed by atoms with Gasteiger partial charge in [-0.1, -0.05) is 26.2 Å². The zero-order chi connectivity index (χ0) is 14.5. The Bertz CT molecular complexity index is 484. The number of nitrogens with zero attached hydrogens (tertiary/aromatic N) is 2. The number of anilines is 1. The third-order valence-corrected chi connectivity index (χ3v) is 3.95. The van der Waals surface area contributed by atoms with Gasteiger partial charge in [0.1, 0.15) is 6.54 Å². The molecule has 6 nitrogen and oxygen atoms in total. The van der Waals surface area contributed by atoms with E-state index in [4.69, 9.17) is 5.11 Å². The molecule has 0 aromatic carbocycles. The van der Waals surface area contributed by atoms with Crippen LogP contribution in [0, 0.1) is 11.8 Å². The predicted molar refractivity (Wildman–Crippen MR) is 74.2 cm³/mol.